The number of rotatable bonds is 7. The molecule has 3 N–H and O–H groups in total. The zero-order valence-corrected chi connectivity index (χ0v) is 14.7. The van der Waals surface area contributed by atoms with Crippen LogP contribution in [0, 0.1) is 0 Å². The zero-order valence-electron chi connectivity index (χ0n) is 14.7. The first-order valence-corrected chi connectivity index (χ1v) is 8.94. The molecule has 0 aromatic heterocycles. The van der Waals surface area contributed by atoms with Crippen LogP contribution in [-0.4, -0.2) is 42.0 Å². The van der Waals surface area contributed by atoms with Crippen LogP contribution < -0.4 is 10.6 Å². The Balaban J connectivity index is 1.61. The minimum absolute atomic E-state index is 0.197. The van der Waals surface area contributed by atoms with E-state index in [1.165, 1.54) is 0 Å². The smallest absolute Gasteiger partial charge is 0.315 e. The average Bonchev–Trinajstić information content (AvgIpc) is 2.55. The van der Waals surface area contributed by atoms with E-state index in [-0.39, 0.29) is 24.7 Å². The van der Waals surface area contributed by atoms with E-state index >= 15 is 0 Å². The molecular formula is C19H30N2O3. The second kappa shape index (κ2) is 9.64. The Labute approximate surface area is 144 Å². The quantitative estimate of drug-likeness (QED) is 0.718. The van der Waals surface area contributed by atoms with E-state index in [1.807, 2.05) is 30.3 Å². The van der Waals surface area contributed by atoms with Gasteiger partial charge in [-0.25, -0.2) is 4.79 Å². The lowest BCUT2D eigenvalue weighted by Crippen LogP contribution is -2.46. The molecule has 1 fully saturated rings. The molecule has 134 valence electrons. The van der Waals surface area contributed by atoms with Crippen LogP contribution in [0.2, 0.25) is 0 Å². The van der Waals surface area contributed by atoms with Crippen LogP contribution >= 0.6 is 0 Å². The maximum absolute atomic E-state index is 12.0. The van der Waals surface area contributed by atoms with Gasteiger partial charge in [0.15, 0.2) is 0 Å². The molecule has 0 aliphatic heterocycles. The first kappa shape index (κ1) is 18.7. The second-order valence-corrected chi connectivity index (χ2v) is 6.86. The molecular weight excluding hydrogens is 304 g/mol. The highest BCUT2D eigenvalue weighted by atomic mass is 16.5. The minimum atomic E-state index is -0.576. The zero-order chi connectivity index (χ0) is 17.4. The van der Waals surface area contributed by atoms with Gasteiger partial charge in [0.2, 0.25) is 0 Å². The number of aliphatic hydroxyl groups is 1. The maximum atomic E-state index is 12.0. The molecule has 1 unspecified atom stereocenters. The summed E-state index contributed by atoms with van der Waals surface area (Å²) < 4.78 is 5.82. The largest absolute Gasteiger partial charge is 0.391 e. The molecule has 1 aliphatic rings. The molecule has 1 atom stereocenters. The monoisotopic (exact) mass is 334 g/mol. The lowest BCUT2D eigenvalue weighted by Gasteiger charge is -2.30. The van der Waals surface area contributed by atoms with E-state index in [9.17, 15) is 9.90 Å². The predicted molar refractivity (Wildman–Crippen MR) is 95.0 cm³/mol. The van der Waals surface area contributed by atoms with Crippen molar-refractivity contribution in [2.24, 2.45) is 0 Å². The number of carbonyl (C=O) groups is 1. The van der Waals surface area contributed by atoms with Crippen molar-refractivity contribution in [2.75, 3.05) is 6.54 Å². The summed E-state index contributed by atoms with van der Waals surface area (Å²) in [4.78, 5) is 12.0. The highest BCUT2D eigenvalue weighted by Crippen LogP contribution is 2.22. The first-order valence-electron chi connectivity index (χ1n) is 8.94. The molecule has 0 saturated heterocycles. The van der Waals surface area contributed by atoms with Gasteiger partial charge in [0.05, 0.1) is 18.3 Å². The average molecular weight is 334 g/mol. The molecule has 0 bridgehead atoms. The summed E-state index contributed by atoms with van der Waals surface area (Å²) in [5.41, 5.74) is 1.07. The van der Waals surface area contributed by atoms with Crippen LogP contribution in [-0.2, 0) is 11.2 Å². The van der Waals surface area contributed by atoms with Gasteiger partial charge in [-0.1, -0.05) is 30.3 Å². The van der Waals surface area contributed by atoms with Gasteiger partial charge in [-0.15, -0.1) is 0 Å². The molecule has 1 aromatic rings. The molecule has 0 spiro atoms. The number of aliphatic hydroxyl groups excluding tert-OH is 1. The third-order valence-electron chi connectivity index (χ3n) is 4.29. The number of ether oxygens (including phenoxy) is 1. The Morgan fingerprint density at radius 2 is 1.88 bits per heavy atom. The fourth-order valence-electron chi connectivity index (χ4n) is 3.13. The van der Waals surface area contributed by atoms with Crippen LogP contribution in [0.3, 0.4) is 0 Å². The van der Waals surface area contributed by atoms with Gasteiger partial charge < -0.3 is 20.5 Å². The highest BCUT2D eigenvalue weighted by Gasteiger charge is 2.23. The summed E-state index contributed by atoms with van der Waals surface area (Å²) in [6, 6.07) is 9.78. The normalized spacial score (nSPS) is 22.2. The van der Waals surface area contributed by atoms with Crippen LogP contribution in [0.25, 0.3) is 0 Å². The van der Waals surface area contributed by atoms with Gasteiger partial charge in [0, 0.05) is 19.0 Å². The van der Waals surface area contributed by atoms with Crippen LogP contribution in [0.1, 0.15) is 45.1 Å². The highest BCUT2D eigenvalue weighted by molar-refractivity contribution is 5.74. The second-order valence-electron chi connectivity index (χ2n) is 6.86. The van der Waals surface area contributed by atoms with E-state index in [1.54, 1.807) is 0 Å². The lowest BCUT2D eigenvalue weighted by molar-refractivity contribution is -0.0155. The van der Waals surface area contributed by atoms with Gasteiger partial charge in [-0.2, -0.15) is 0 Å². The summed E-state index contributed by atoms with van der Waals surface area (Å²) in [5.74, 6) is 0. The van der Waals surface area contributed by atoms with Crippen LogP contribution in [0.5, 0.6) is 0 Å². The SMILES string of the molecule is CC(C)OC1CCC(NC(=O)NCC(O)Cc2ccccc2)CC1. The van der Waals surface area contributed by atoms with Gasteiger partial charge in [-0.3, -0.25) is 0 Å². The molecule has 2 rings (SSSR count). The Morgan fingerprint density at radius 1 is 1.21 bits per heavy atom. The predicted octanol–water partition coefficient (Wildman–Crippen LogP) is 2.63. The Bertz CT molecular complexity index is 485. The summed E-state index contributed by atoms with van der Waals surface area (Å²) in [7, 11) is 0. The molecule has 0 radical (unpaired) electrons. The lowest BCUT2D eigenvalue weighted by atomic mass is 9.93. The minimum Gasteiger partial charge on any atom is -0.391 e. The number of urea groups is 1. The molecule has 1 saturated carbocycles. The van der Waals surface area contributed by atoms with Crippen molar-refractivity contribution in [3.05, 3.63) is 35.9 Å². The van der Waals surface area contributed by atoms with Gasteiger partial charge in [0.1, 0.15) is 0 Å². The molecule has 24 heavy (non-hydrogen) atoms. The van der Waals surface area contributed by atoms with E-state index in [0.29, 0.717) is 12.5 Å². The number of benzene rings is 1. The molecule has 0 heterocycles. The van der Waals surface area contributed by atoms with Crippen molar-refractivity contribution in [3.8, 4) is 0 Å². The number of hydrogen-bond acceptors (Lipinski definition) is 3. The standard InChI is InChI=1S/C19H30N2O3/c1-14(2)24-18-10-8-16(9-11-18)21-19(23)20-13-17(22)12-15-6-4-3-5-7-15/h3-7,14,16-18,22H,8-13H2,1-2H3,(H2,20,21,23). The first-order chi connectivity index (χ1) is 11.5. The van der Waals surface area contributed by atoms with Crippen molar-refractivity contribution in [1.29, 1.82) is 0 Å². The van der Waals surface area contributed by atoms with Crippen molar-refractivity contribution >= 4 is 6.03 Å². The van der Waals surface area contributed by atoms with E-state index in [2.05, 4.69) is 24.5 Å². The molecule has 1 aliphatic carbocycles. The van der Waals surface area contributed by atoms with Crippen molar-refractivity contribution < 1.29 is 14.6 Å². The topological polar surface area (TPSA) is 70.6 Å². The summed E-state index contributed by atoms with van der Waals surface area (Å²) in [6.07, 6.45) is 4.40. The van der Waals surface area contributed by atoms with Gasteiger partial charge in [0.25, 0.3) is 0 Å². The molecule has 5 heteroatoms. The number of amides is 2. The molecule has 1 aromatic carbocycles. The molecule has 5 nitrogen and oxygen atoms in total. The molecule has 2 amide bonds. The fourth-order valence-corrected chi connectivity index (χ4v) is 3.13. The van der Waals surface area contributed by atoms with Crippen molar-refractivity contribution in [2.45, 2.75) is 70.3 Å². The van der Waals surface area contributed by atoms with Gasteiger partial charge in [-0.05, 0) is 45.1 Å². The maximum Gasteiger partial charge on any atom is 0.315 e. The Morgan fingerprint density at radius 3 is 2.50 bits per heavy atom. The van der Waals surface area contributed by atoms with Crippen LogP contribution in [0.4, 0.5) is 4.79 Å². The fraction of sp³-hybridized carbons (Fsp3) is 0.632. The van der Waals surface area contributed by atoms with Crippen molar-refractivity contribution in [1.82, 2.24) is 10.6 Å². The van der Waals surface area contributed by atoms with E-state index in [0.717, 1.165) is 31.2 Å². The third-order valence-corrected chi connectivity index (χ3v) is 4.29. The number of hydrogen-bond donors (Lipinski definition) is 3. The van der Waals surface area contributed by atoms with Crippen molar-refractivity contribution in [3.63, 3.8) is 0 Å². The van der Waals surface area contributed by atoms with E-state index < -0.39 is 6.10 Å². The summed E-state index contributed by atoms with van der Waals surface area (Å²) in [6.45, 7) is 4.36. The number of carbonyl (C=O) groups excluding carboxylic acids is 1. The van der Waals surface area contributed by atoms with E-state index in [4.69, 9.17) is 4.74 Å². The number of nitrogens with one attached hydrogen (secondary N) is 2. The Hall–Kier alpha value is -1.59. The van der Waals surface area contributed by atoms with Gasteiger partial charge >= 0.3 is 6.03 Å². The summed E-state index contributed by atoms with van der Waals surface area (Å²) in [5, 5.41) is 15.8. The van der Waals surface area contributed by atoms with Crippen LogP contribution in [0.15, 0.2) is 30.3 Å². The summed E-state index contributed by atoms with van der Waals surface area (Å²) >= 11 is 0. The third kappa shape index (κ3) is 6.89. The Kier molecular flexibility index (Phi) is 7.53.